The third kappa shape index (κ3) is 3.67. The summed E-state index contributed by atoms with van der Waals surface area (Å²) in [4.78, 5) is 25.0. The van der Waals surface area contributed by atoms with E-state index < -0.39 is 0 Å². The van der Waals surface area contributed by atoms with Gasteiger partial charge in [-0.05, 0) is 29.9 Å². The summed E-state index contributed by atoms with van der Waals surface area (Å²) in [6.45, 7) is 5.12. The summed E-state index contributed by atoms with van der Waals surface area (Å²) in [6, 6.07) is 12.0. The third-order valence-electron chi connectivity index (χ3n) is 5.15. The Hall–Kier alpha value is -3.00. The average Bonchev–Trinajstić information content (AvgIpc) is 3.38. The predicted octanol–water partition coefficient (Wildman–Crippen LogP) is 2.98. The molecule has 150 valence electrons. The predicted molar refractivity (Wildman–Crippen MR) is 114 cm³/mol. The van der Waals surface area contributed by atoms with E-state index in [9.17, 15) is 9.59 Å². The number of thiophene rings is 1. The van der Waals surface area contributed by atoms with Crippen molar-refractivity contribution in [1.82, 2.24) is 24.5 Å². The number of aryl methyl sites for hydroxylation is 2. The van der Waals surface area contributed by atoms with Gasteiger partial charge < -0.3 is 5.32 Å². The van der Waals surface area contributed by atoms with Crippen LogP contribution in [-0.4, -0.2) is 31.6 Å². The number of carbonyl (C=O) groups is 1. The number of benzene rings is 1. The minimum atomic E-state index is -0.0448. The van der Waals surface area contributed by atoms with Crippen LogP contribution < -0.4 is 10.9 Å². The normalized spacial score (nSPS) is 12.5. The highest BCUT2D eigenvalue weighted by molar-refractivity contribution is 7.17. The molecule has 3 aromatic heterocycles. The maximum atomic E-state index is 12.6. The van der Waals surface area contributed by atoms with Crippen LogP contribution in [0.25, 0.3) is 16.0 Å². The molecule has 0 spiro atoms. The fraction of sp³-hybridized carbons (Fsp3) is 0.333. The van der Waals surface area contributed by atoms with E-state index in [0.29, 0.717) is 42.2 Å². The van der Waals surface area contributed by atoms with Crippen molar-refractivity contribution in [3.05, 3.63) is 63.5 Å². The molecular weight excluding hydrogens is 386 g/mol. The number of amides is 1. The van der Waals surface area contributed by atoms with Gasteiger partial charge in [-0.25, -0.2) is 0 Å². The second kappa shape index (κ2) is 8.16. The number of fused-ring (bicyclic) bond motifs is 3. The van der Waals surface area contributed by atoms with E-state index in [1.807, 2.05) is 41.0 Å². The standard InChI is InChI=1S/C21H23N5O2S/c1-3-25-20(28)19-16(11-12-29-19)26-17(23-24-21(25)26)9-10-18(27)22-13-14(2)15-7-5-4-6-8-15/h4-8,11-12,14H,3,9-10,13H2,1-2H3,(H,22,27)/t14-/m0/s1. The topological polar surface area (TPSA) is 81.3 Å². The monoisotopic (exact) mass is 409 g/mol. The van der Waals surface area contributed by atoms with Gasteiger partial charge in [-0.1, -0.05) is 37.3 Å². The Labute approximate surface area is 172 Å². The smallest absolute Gasteiger partial charge is 0.272 e. The molecule has 4 rings (SSSR count). The van der Waals surface area contributed by atoms with Crippen molar-refractivity contribution in [1.29, 1.82) is 0 Å². The zero-order valence-electron chi connectivity index (χ0n) is 16.5. The molecule has 0 aliphatic heterocycles. The van der Waals surface area contributed by atoms with Crippen molar-refractivity contribution >= 4 is 33.2 Å². The summed E-state index contributed by atoms with van der Waals surface area (Å²) in [5, 5.41) is 13.4. The van der Waals surface area contributed by atoms with Gasteiger partial charge in [-0.2, -0.15) is 0 Å². The van der Waals surface area contributed by atoms with E-state index >= 15 is 0 Å². The zero-order valence-corrected chi connectivity index (χ0v) is 17.3. The molecule has 1 amide bonds. The Morgan fingerprint density at radius 3 is 2.76 bits per heavy atom. The van der Waals surface area contributed by atoms with Crippen LogP contribution in [0.3, 0.4) is 0 Å². The lowest BCUT2D eigenvalue weighted by Gasteiger charge is -2.13. The second-order valence-electron chi connectivity index (χ2n) is 7.05. The zero-order chi connectivity index (χ0) is 20.4. The largest absolute Gasteiger partial charge is 0.355 e. The van der Waals surface area contributed by atoms with Gasteiger partial charge >= 0.3 is 0 Å². The first-order valence-corrected chi connectivity index (χ1v) is 10.6. The molecule has 0 radical (unpaired) electrons. The molecule has 29 heavy (non-hydrogen) atoms. The number of nitrogens with zero attached hydrogens (tertiary/aromatic N) is 4. The van der Waals surface area contributed by atoms with Crippen LogP contribution in [0.15, 0.2) is 46.6 Å². The lowest BCUT2D eigenvalue weighted by atomic mass is 10.0. The van der Waals surface area contributed by atoms with E-state index in [4.69, 9.17) is 0 Å². The fourth-order valence-electron chi connectivity index (χ4n) is 3.51. The van der Waals surface area contributed by atoms with Gasteiger partial charge in [0.25, 0.3) is 5.56 Å². The molecule has 4 aromatic rings. The third-order valence-corrected chi connectivity index (χ3v) is 6.04. The van der Waals surface area contributed by atoms with Crippen LogP contribution in [0.2, 0.25) is 0 Å². The number of hydrogen-bond acceptors (Lipinski definition) is 5. The average molecular weight is 410 g/mol. The van der Waals surface area contributed by atoms with Crippen LogP contribution in [0.4, 0.5) is 0 Å². The summed E-state index contributed by atoms with van der Waals surface area (Å²) in [7, 11) is 0. The Morgan fingerprint density at radius 1 is 1.21 bits per heavy atom. The van der Waals surface area contributed by atoms with Crippen molar-refractivity contribution in [2.75, 3.05) is 6.54 Å². The Bertz CT molecular complexity index is 1210. The SMILES string of the molecule is CCn1c(=O)c2sccc2n2c(CCC(=O)NC[C@H](C)c3ccccc3)nnc12. The molecule has 0 unspecified atom stereocenters. The van der Waals surface area contributed by atoms with Crippen LogP contribution in [0, 0.1) is 0 Å². The van der Waals surface area contributed by atoms with E-state index in [1.165, 1.54) is 16.9 Å². The van der Waals surface area contributed by atoms with E-state index in [0.717, 1.165) is 5.52 Å². The number of nitrogens with one attached hydrogen (secondary N) is 1. The molecular formula is C21H23N5O2S. The molecule has 0 saturated heterocycles. The van der Waals surface area contributed by atoms with Crippen molar-refractivity contribution < 1.29 is 4.79 Å². The Kier molecular flexibility index (Phi) is 5.44. The molecule has 1 N–H and O–H groups in total. The van der Waals surface area contributed by atoms with Crippen LogP contribution in [-0.2, 0) is 17.8 Å². The highest BCUT2D eigenvalue weighted by Crippen LogP contribution is 2.20. The van der Waals surface area contributed by atoms with Gasteiger partial charge in [0, 0.05) is 25.9 Å². The van der Waals surface area contributed by atoms with Gasteiger partial charge in [0.1, 0.15) is 10.5 Å². The molecule has 8 heteroatoms. The summed E-state index contributed by atoms with van der Waals surface area (Å²) in [6.07, 6.45) is 0.777. The minimum absolute atomic E-state index is 0.0186. The van der Waals surface area contributed by atoms with Gasteiger partial charge in [-0.3, -0.25) is 18.6 Å². The molecule has 0 fully saturated rings. The lowest BCUT2D eigenvalue weighted by molar-refractivity contribution is -0.121. The summed E-state index contributed by atoms with van der Waals surface area (Å²) in [5.74, 6) is 1.45. The van der Waals surface area contributed by atoms with Gasteiger partial charge in [-0.15, -0.1) is 21.5 Å². The van der Waals surface area contributed by atoms with Gasteiger partial charge in [0.15, 0.2) is 0 Å². The number of aromatic nitrogens is 4. The molecule has 1 aromatic carbocycles. The summed E-state index contributed by atoms with van der Waals surface area (Å²) >= 11 is 1.42. The fourth-order valence-corrected chi connectivity index (χ4v) is 4.33. The maximum Gasteiger partial charge on any atom is 0.272 e. The lowest BCUT2D eigenvalue weighted by Crippen LogP contribution is -2.28. The van der Waals surface area contributed by atoms with Gasteiger partial charge in [0.2, 0.25) is 11.7 Å². The van der Waals surface area contributed by atoms with Crippen molar-refractivity contribution in [3.63, 3.8) is 0 Å². The molecule has 0 saturated carbocycles. The van der Waals surface area contributed by atoms with Crippen molar-refractivity contribution in [2.24, 2.45) is 0 Å². The van der Waals surface area contributed by atoms with E-state index in [1.54, 1.807) is 4.57 Å². The van der Waals surface area contributed by atoms with E-state index in [-0.39, 0.29) is 17.4 Å². The maximum absolute atomic E-state index is 12.6. The first-order chi connectivity index (χ1) is 14.1. The first kappa shape index (κ1) is 19.3. The number of rotatable bonds is 7. The highest BCUT2D eigenvalue weighted by atomic mass is 32.1. The van der Waals surface area contributed by atoms with Gasteiger partial charge in [0.05, 0.1) is 5.52 Å². The first-order valence-electron chi connectivity index (χ1n) is 9.75. The summed E-state index contributed by atoms with van der Waals surface area (Å²) < 4.78 is 4.20. The number of carbonyl (C=O) groups excluding carboxylic acids is 1. The highest BCUT2D eigenvalue weighted by Gasteiger charge is 2.17. The molecule has 7 nitrogen and oxygen atoms in total. The second-order valence-corrected chi connectivity index (χ2v) is 7.97. The Morgan fingerprint density at radius 2 is 2.00 bits per heavy atom. The molecule has 0 bridgehead atoms. The quantitative estimate of drug-likeness (QED) is 0.509. The molecule has 0 aliphatic carbocycles. The van der Waals surface area contributed by atoms with Crippen LogP contribution in [0.1, 0.15) is 37.6 Å². The minimum Gasteiger partial charge on any atom is -0.355 e. The van der Waals surface area contributed by atoms with Crippen molar-refractivity contribution in [2.45, 2.75) is 39.2 Å². The van der Waals surface area contributed by atoms with E-state index in [2.05, 4.69) is 34.6 Å². The molecule has 3 heterocycles. The summed E-state index contributed by atoms with van der Waals surface area (Å²) in [5.41, 5.74) is 1.96. The van der Waals surface area contributed by atoms with Crippen LogP contribution >= 0.6 is 11.3 Å². The van der Waals surface area contributed by atoms with Crippen LogP contribution in [0.5, 0.6) is 0 Å². The number of hydrogen-bond donors (Lipinski definition) is 1. The molecule has 0 aliphatic rings. The van der Waals surface area contributed by atoms with Crippen molar-refractivity contribution in [3.8, 4) is 0 Å². The Balaban J connectivity index is 1.48. The molecule has 1 atom stereocenters.